The number of aromatic nitrogens is 2. The van der Waals surface area contributed by atoms with Crippen molar-refractivity contribution in [1.29, 1.82) is 0 Å². The fourth-order valence-corrected chi connectivity index (χ4v) is 2.24. The molecule has 1 N–H and O–H groups in total. The second-order valence-electron chi connectivity index (χ2n) is 5.05. The van der Waals surface area contributed by atoms with Gasteiger partial charge in [0, 0.05) is 13.1 Å². The third-order valence-electron chi connectivity index (χ3n) is 3.20. The van der Waals surface area contributed by atoms with Crippen LogP contribution in [-0.4, -0.2) is 41.3 Å². The van der Waals surface area contributed by atoms with Crippen LogP contribution in [0.25, 0.3) is 0 Å². The number of nitrogens with zero attached hydrogens (tertiary/aromatic N) is 3. The molecular formula is C13H22N4. The standard InChI is InChI=1S/C13H22N4/c1-11(10-17-7-3-4-8-17)9-14-13-6-5-12(2)15-16-13/h5-6,11H,3-4,7-10H2,1-2H3,(H,14,16). The van der Waals surface area contributed by atoms with E-state index in [2.05, 4.69) is 27.3 Å². The van der Waals surface area contributed by atoms with Crippen molar-refractivity contribution in [1.82, 2.24) is 15.1 Å². The van der Waals surface area contributed by atoms with Crippen LogP contribution in [0.5, 0.6) is 0 Å². The summed E-state index contributed by atoms with van der Waals surface area (Å²) in [5.74, 6) is 1.53. The highest BCUT2D eigenvalue weighted by atomic mass is 15.2. The predicted octanol–water partition coefficient (Wildman–Crippen LogP) is 1.93. The van der Waals surface area contributed by atoms with E-state index in [0.29, 0.717) is 5.92 Å². The van der Waals surface area contributed by atoms with Crippen molar-refractivity contribution in [2.45, 2.75) is 26.7 Å². The molecule has 94 valence electrons. The van der Waals surface area contributed by atoms with Gasteiger partial charge in [0.05, 0.1) is 5.69 Å². The number of hydrogen-bond donors (Lipinski definition) is 1. The first kappa shape index (κ1) is 12.3. The third-order valence-corrected chi connectivity index (χ3v) is 3.20. The van der Waals surface area contributed by atoms with Gasteiger partial charge in [0.25, 0.3) is 0 Å². The molecule has 2 rings (SSSR count). The lowest BCUT2D eigenvalue weighted by atomic mass is 10.1. The van der Waals surface area contributed by atoms with Crippen LogP contribution < -0.4 is 5.32 Å². The van der Waals surface area contributed by atoms with Crippen LogP contribution in [0.2, 0.25) is 0 Å². The zero-order chi connectivity index (χ0) is 12.1. The Hall–Kier alpha value is -1.16. The van der Waals surface area contributed by atoms with Crippen LogP contribution in [0, 0.1) is 12.8 Å². The summed E-state index contributed by atoms with van der Waals surface area (Å²) in [6.45, 7) is 8.93. The molecule has 0 aromatic carbocycles. The largest absolute Gasteiger partial charge is 0.368 e. The van der Waals surface area contributed by atoms with Crippen LogP contribution in [0.4, 0.5) is 5.82 Å². The highest BCUT2D eigenvalue weighted by Gasteiger charge is 2.14. The van der Waals surface area contributed by atoms with Gasteiger partial charge in [-0.05, 0) is 50.9 Å². The van der Waals surface area contributed by atoms with E-state index >= 15 is 0 Å². The van der Waals surface area contributed by atoms with Gasteiger partial charge in [-0.2, -0.15) is 5.10 Å². The fourth-order valence-electron chi connectivity index (χ4n) is 2.24. The maximum absolute atomic E-state index is 4.11. The molecule has 4 heteroatoms. The normalized spacial score (nSPS) is 18.2. The lowest BCUT2D eigenvalue weighted by molar-refractivity contribution is 0.294. The van der Waals surface area contributed by atoms with Crippen molar-refractivity contribution in [2.75, 3.05) is 31.5 Å². The monoisotopic (exact) mass is 234 g/mol. The molecule has 1 atom stereocenters. The van der Waals surface area contributed by atoms with Crippen molar-refractivity contribution >= 4 is 5.82 Å². The van der Waals surface area contributed by atoms with E-state index < -0.39 is 0 Å². The molecule has 0 amide bonds. The minimum absolute atomic E-state index is 0.649. The number of hydrogen-bond acceptors (Lipinski definition) is 4. The smallest absolute Gasteiger partial charge is 0.148 e. The quantitative estimate of drug-likeness (QED) is 0.845. The zero-order valence-corrected chi connectivity index (χ0v) is 10.8. The van der Waals surface area contributed by atoms with E-state index in [1.54, 1.807) is 0 Å². The molecule has 1 aliphatic heterocycles. The number of rotatable bonds is 5. The maximum atomic E-state index is 4.11. The van der Waals surface area contributed by atoms with Gasteiger partial charge in [0.15, 0.2) is 0 Å². The Morgan fingerprint density at radius 1 is 1.29 bits per heavy atom. The van der Waals surface area contributed by atoms with Crippen LogP contribution in [0.15, 0.2) is 12.1 Å². The average molecular weight is 234 g/mol. The van der Waals surface area contributed by atoms with Gasteiger partial charge in [-0.25, -0.2) is 0 Å². The van der Waals surface area contributed by atoms with E-state index in [-0.39, 0.29) is 0 Å². The molecule has 0 spiro atoms. The van der Waals surface area contributed by atoms with Crippen LogP contribution in [0.3, 0.4) is 0 Å². The molecule has 17 heavy (non-hydrogen) atoms. The van der Waals surface area contributed by atoms with E-state index in [1.165, 1.54) is 32.5 Å². The summed E-state index contributed by atoms with van der Waals surface area (Å²) in [7, 11) is 0. The van der Waals surface area contributed by atoms with Gasteiger partial charge >= 0.3 is 0 Å². The van der Waals surface area contributed by atoms with Gasteiger partial charge in [-0.1, -0.05) is 6.92 Å². The minimum atomic E-state index is 0.649. The minimum Gasteiger partial charge on any atom is -0.368 e. The molecule has 1 aromatic heterocycles. The summed E-state index contributed by atoms with van der Waals surface area (Å²) < 4.78 is 0. The molecule has 0 radical (unpaired) electrons. The van der Waals surface area contributed by atoms with Crippen molar-refractivity contribution in [3.8, 4) is 0 Å². The molecule has 1 unspecified atom stereocenters. The second kappa shape index (κ2) is 5.96. The number of anilines is 1. The van der Waals surface area contributed by atoms with E-state index in [1.807, 2.05) is 19.1 Å². The van der Waals surface area contributed by atoms with Crippen LogP contribution in [0.1, 0.15) is 25.5 Å². The van der Waals surface area contributed by atoms with E-state index in [4.69, 9.17) is 0 Å². The van der Waals surface area contributed by atoms with Gasteiger partial charge in [0.1, 0.15) is 5.82 Å². The van der Waals surface area contributed by atoms with Crippen molar-refractivity contribution < 1.29 is 0 Å². The van der Waals surface area contributed by atoms with E-state index in [0.717, 1.165) is 18.1 Å². The highest BCUT2D eigenvalue weighted by Crippen LogP contribution is 2.10. The first-order chi connectivity index (χ1) is 8.24. The van der Waals surface area contributed by atoms with Crippen molar-refractivity contribution in [3.63, 3.8) is 0 Å². The lowest BCUT2D eigenvalue weighted by Gasteiger charge is -2.20. The Kier molecular flexibility index (Phi) is 4.31. The van der Waals surface area contributed by atoms with Gasteiger partial charge in [-0.3, -0.25) is 0 Å². The molecule has 1 aliphatic rings. The SMILES string of the molecule is Cc1ccc(NCC(C)CN2CCCC2)nn1. The molecular weight excluding hydrogens is 212 g/mol. The number of nitrogens with one attached hydrogen (secondary N) is 1. The highest BCUT2D eigenvalue weighted by molar-refractivity contribution is 5.32. The molecule has 1 fully saturated rings. The molecule has 0 saturated carbocycles. The predicted molar refractivity (Wildman–Crippen MR) is 70.1 cm³/mol. The summed E-state index contributed by atoms with van der Waals surface area (Å²) in [5, 5.41) is 11.5. The summed E-state index contributed by atoms with van der Waals surface area (Å²) in [5.41, 5.74) is 0.959. The average Bonchev–Trinajstić information content (AvgIpc) is 2.81. The summed E-state index contributed by atoms with van der Waals surface area (Å²) in [6.07, 6.45) is 2.73. The molecule has 2 heterocycles. The number of likely N-dealkylation sites (tertiary alicyclic amines) is 1. The Morgan fingerprint density at radius 2 is 2.06 bits per heavy atom. The molecule has 0 aliphatic carbocycles. The second-order valence-corrected chi connectivity index (χ2v) is 5.05. The molecule has 4 nitrogen and oxygen atoms in total. The van der Waals surface area contributed by atoms with Crippen molar-refractivity contribution in [3.05, 3.63) is 17.8 Å². The van der Waals surface area contributed by atoms with Crippen molar-refractivity contribution in [2.24, 2.45) is 5.92 Å². The summed E-state index contributed by atoms with van der Waals surface area (Å²) in [6, 6.07) is 3.98. The number of aryl methyl sites for hydroxylation is 1. The van der Waals surface area contributed by atoms with Gasteiger partial charge in [0.2, 0.25) is 0 Å². The van der Waals surface area contributed by atoms with Gasteiger partial charge in [-0.15, -0.1) is 5.10 Å². The topological polar surface area (TPSA) is 41.0 Å². The Morgan fingerprint density at radius 3 is 2.71 bits per heavy atom. The summed E-state index contributed by atoms with van der Waals surface area (Å²) >= 11 is 0. The molecule has 1 aromatic rings. The van der Waals surface area contributed by atoms with Crippen LogP contribution in [-0.2, 0) is 0 Å². The Labute approximate surface area is 103 Å². The van der Waals surface area contributed by atoms with Crippen LogP contribution >= 0.6 is 0 Å². The third kappa shape index (κ3) is 3.97. The zero-order valence-electron chi connectivity index (χ0n) is 10.8. The Bertz CT molecular complexity index is 330. The lowest BCUT2D eigenvalue weighted by Crippen LogP contribution is -2.29. The fraction of sp³-hybridized carbons (Fsp3) is 0.692. The van der Waals surface area contributed by atoms with E-state index in [9.17, 15) is 0 Å². The molecule has 0 bridgehead atoms. The first-order valence-corrected chi connectivity index (χ1v) is 6.50. The summed E-state index contributed by atoms with van der Waals surface area (Å²) in [4.78, 5) is 2.55. The van der Waals surface area contributed by atoms with Gasteiger partial charge < -0.3 is 10.2 Å². The molecule has 1 saturated heterocycles. The first-order valence-electron chi connectivity index (χ1n) is 6.50. The maximum Gasteiger partial charge on any atom is 0.148 e. The Balaban J connectivity index is 1.71.